The minimum Gasteiger partial charge on any atom is -0.322 e. The third kappa shape index (κ3) is 4.41. The van der Waals surface area contributed by atoms with E-state index in [-0.39, 0.29) is 11.7 Å². The van der Waals surface area contributed by atoms with E-state index in [4.69, 9.17) is 0 Å². The lowest BCUT2D eigenvalue weighted by molar-refractivity contribution is -0.113. The summed E-state index contributed by atoms with van der Waals surface area (Å²) < 4.78 is 3.88. The van der Waals surface area contributed by atoms with Crippen molar-refractivity contribution >= 4 is 23.4 Å². The second-order valence-corrected chi connectivity index (χ2v) is 8.41. The van der Waals surface area contributed by atoms with Crippen LogP contribution in [0.5, 0.6) is 0 Å². The zero-order valence-electron chi connectivity index (χ0n) is 18.1. The molecule has 0 radical (unpaired) electrons. The SMILES string of the molecule is Cc1ccc(-n2c(-c3ccccc3)cnc2SCC(=O)Nc2c(C)nn(C)c2C)cc1. The highest BCUT2D eigenvalue weighted by Crippen LogP contribution is 2.30. The lowest BCUT2D eigenvalue weighted by Gasteiger charge is -2.12. The van der Waals surface area contributed by atoms with Gasteiger partial charge in [-0.2, -0.15) is 5.10 Å². The first kappa shape index (κ1) is 20.9. The van der Waals surface area contributed by atoms with Crippen molar-refractivity contribution < 1.29 is 4.79 Å². The van der Waals surface area contributed by atoms with Crippen LogP contribution in [0.1, 0.15) is 17.0 Å². The van der Waals surface area contributed by atoms with Crippen molar-refractivity contribution in [2.45, 2.75) is 25.9 Å². The Labute approximate surface area is 186 Å². The lowest BCUT2D eigenvalue weighted by atomic mass is 10.1. The lowest BCUT2D eigenvalue weighted by Crippen LogP contribution is -2.15. The molecule has 2 heterocycles. The number of nitrogens with one attached hydrogen (secondary N) is 1. The minimum atomic E-state index is -0.0797. The van der Waals surface area contributed by atoms with Gasteiger partial charge in [0, 0.05) is 18.3 Å². The molecule has 7 heteroatoms. The van der Waals surface area contributed by atoms with Crippen LogP contribution in [-0.2, 0) is 11.8 Å². The minimum absolute atomic E-state index is 0.0797. The van der Waals surface area contributed by atoms with E-state index in [1.807, 2.05) is 45.3 Å². The maximum Gasteiger partial charge on any atom is 0.234 e. The fourth-order valence-corrected chi connectivity index (χ4v) is 4.25. The summed E-state index contributed by atoms with van der Waals surface area (Å²) in [7, 11) is 1.87. The Hall–Kier alpha value is -3.32. The number of benzene rings is 2. The van der Waals surface area contributed by atoms with Gasteiger partial charge < -0.3 is 5.32 Å². The van der Waals surface area contributed by atoms with Crippen LogP contribution in [0.25, 0.3) is 16.9 Å². The molecule has 1 N–H and O–H groups in total. The van der Waals surface area contributed by atoms with Gasteiger partial charge in [0.2, 0.25) is 5.91 Å². The molecule has 4 rings (SSSR count). The van der Waals surface area contributed by atoms with E-state index in [0.717, 1.165) is 39.2 Å². The van der Waals surface area contributed by atoms with E-state index in [1.165, 1.54) is 17.3 Å². The summed E-state index contributed by atoms with van der Waals surface area (Å²) in [5.74, 6) is 0.175. The summed E-state index contributed by atoms with van der Waals surface area (Å²) in [5, 5.41) is 8.13. The van der Waals surface area contributed by atoms with Crippen molar-refractivity contribution in [3.8, 4) is 16.9 Å². The summed E-state index contributed by atoms with van der Waals surface area (Å²) in [4.78, 5) is 17.3. The quantitative estimate of drug-likeness (QED) is 0.440. The zero-order chi connectivity index (χ0) is 22.0. The summed E-state index contributed by atoms with van der Waals surface area (Å²) in [6.45, 7) is 5.91. The molecule has 0 saturated heterocycles. The Morgan fingerprint density at radius 1 is 1.03 bits per heavy atom. The first-order valence-corrected chi connectivity index (χ1v) is 11.1. The number of carbonyl (C=O) groups excluding carboxylic acids is 1. The summed E-state index contributed by atoms with van der Waals surface area (Å²) >= 11 is 1.42. The van der Waals surface area contributed by atoms with Crippen molar-refractivity contribution in [3.05, 3.63) is 77.7 Å². The number of aromatic nitrogens is 4. The van der Waals surface area contributed by atoms with Crippen LogP contribution in [0.3, 0.4) is 0 Å². The van der Waals surface area contributed by atoms with Crippen LogP contribution >= 0.6 is 11.8 Å². The molecule has 2 aromatic heterocycles. The maximum absolute atomic E-state index is 12.7. The van der Waals surface area contributed by atoms with Crippen LogP contribution in [-0.4, -0.2) is 31.0 Å². The Morgan fingerprint density at radius 2 is 1.74 bits per heavy atom. The fourth-order valence-electron chi connectivity index (χ4n) is 3.45. The van der Waals surface area contributed by atoms with Gasteiger partial charge >= 0.3 is 0 Å². The Bertz CT molecular complexity index is 1210. The van der Waals surface area contributed by atoms with Gasteiger partial charge in [0.15, 0.2) is 5.16 Å². The monoisotopic (exact) mass is 431 g/mol. The molecule has 0 saturated carbocycles. The molecule has 0 bridgehead atoms. The van der Waals surface area contributed by atoms with Crippen LogP contribution in [0.4, 0.5) is 5.69 Å². The molecule has 1 amide bonds. The van der Waals surface area contributed by atoms with Crippen molar-refractivity contribution in [2.75, 3.05) is 11.1 Å². The predicted molar refractivity (Wildman–Crippen MR) is 126 cm³/mol. The molecule has 0 aliphatic carbocycles. The Morgan fingerprint density at radius 3 is 2.39 bits per heavy atom. The van der Waals surface area contributed by atoms with Crippen molar-refractivity contribution in [3.63, 3.8) is 0 Å². The number of nitrogens with zero attached hydrogens (tertiary/aromatic N) is 4. The Kier molecular flexibility index (Phi) is 5.95. The molecule has 6 nitrogen and oxygen atoms in total. The number of imidazole rings is 1. The van der Waals surface area contributed by atoms with Gasteiger partial charge in [-0.1, -0.05) is 59.8 Å². The van der Waals surface area contributed by atoms with Gasteiger partial charge in [-0.3, -0.25) is 14.0 Å². The largest absolute Gasteiger partial charge is 0.322 e. The molecule has 2 aromatic carbocycles. The molecular weight excluding hydrogens is 406 g/mol. The standard InChI is InChI=1S/C24H25N5OS/c1-16-10-12-20(13-11-16)29-21(19-8-6-5-7-9-19)14-25-24(29)31-15-22(30)26-23-17(2)27-28(4)18(23)3/h5-14H,15H2,1-4H3,(H,26,30). The number of thioether (sulfide) groups is 1. The highest BCUT2D eigenvalue weighted by molar-refractivity contribution is 7.99. The molecular formula is C24H25N5OS. The number of anilines is 1. The molecule has 31 heavy (non-hydrogen) atoms. The second kappa shape index (κ2) is 8.81. The number of carbonyl (C=O) groups is 1. The second-order valence-electron chi connectivity index (χ2n) is 7.47. The van der Waals surface area contributed by atoms with Gasteiger partial charge in [-0.05, 0) is 32.9 Å². The maximum atomic E-state index is 12.7. The van der Waals surface area contributed by atoms with E-state index >= 15 is 0 Å². The van der Waals surface area contributed by atoms with Crippen LogP contribution in [0.15, 0.2) is 66.0 Å². The number of aryl methyl sites for hydroxylation is 3. The van der Waals surface area contributed by atoms with E-state index in [1.54, 1.807) is 4.68 Å². The van der Waals surface area contributed by atoms with E-state index < -0.39 is 0 Å². The molecule has 0 aliphatic rings. The van der Waals surface area contributed by atoms with Gasteiger partial charge in [0.25, 0.3) is 0 Å². The number of rotatable bonds is 6. The third-order valence-corrected chi connectivity index (χ3v) is 6.15. The summed E-state index contributed by atoms with van der Waals surface area (Å²) in [5.41, 5.74) is 6.80. The highest BCUT2D eigenvalue weighted by atomic mass is 32.2. The highest BCUT2D eigenvalue weighted by Gasteiger charge is 2.17. The van der Waals surface area contributed by atoms with E-state index in [9.17, 15) is 4.79 Å². The molecule has 158 valence electrons. The number of hydrogen-bond donors (Lipinski definition) is 1. The Balaban J connectivity index is 1.60. The molecule has 4 aromatic rings. The average molecular weight is 432 g/mol. The van der Waals surface area contributed by atoms with Crippen LogP contribution in [0.2, 0.25) is 0 Å². The zero-order valence-corrected chi connectivity index (χ0v) is 18.9. The smallest absolute Gasteiger partial charge is 0.234 e. The summed E-state index contributed by atoms with van der Waals surface area (Å²) in [6.07, 6.45) is 1.87. The van der Waals surface area contributed by atoms with E-state index in [0.29, 0.717) is 0 Å². The number of amides is 1. The topological polar surface area (TPSA) is 64.7 Å². The van der Waals surface area contributed by atoms with Crippen molar-refractivity contribution in [1.29, 1.82) is 0 Å². The molecule has 0 aliphatic heterocycles. The first-order valence-electron chi connectivity index (χ1n) is 10.1. The third-order valence-electron chi connectivity index (χ3n) is 5.20. The van der Waals surface area contributed by atoms with Gasteiger partial charge in [0.05, 0.1) is 34.7 Å². The van der Waals surface area contributed by atoms with Crippen molar-refractivity contribution in [2.24, 2.45) is 7.05 Å². The first-order chi connectivity index (χ1) is 14.9. The van der Waals surface area contributed by atoms with E-state index in [2.05, 4.69) is 63.3 Å². The molecule has 0 atom stereocenters. The van der Waals surface area contributed by atoms with Crippen LogP contribution in [0, 0.1) is 20.8 Å². The number of hydrogen-bond acceptors (Lipinski definition) is 4. The molecule has 0 spiro atoms. The summed E-state index contributed by atoms with van der Waals surface area (Å²) in [6, 6.07) is 18.5. The predicted octanol–water partition coefficient (Wildman–Crippen LogP) is 4.93. The van der Waals surface area contributed by atoms with Gasteiger partial charge in [-0.25, -0.2) is 4.98 Å². The fraction of sp³-hybridized carbons (Fsp3) is 0.208. The molecule has 0 fully saturated rings. The van der Waals surface area contributed by atoms with Crippen LogP contribution < -0.4 is 5.32 Å². The van der Waals surface area contributed by atoms with Gasteiger partial charge in [0.1, 0.15) is 0 Å². The normalized spacial score (nSPS) is 11.0. The van der Waals surface area contributed by atoms with Crippen molar-refractivity contribution in [1.82, 2.24) is 19.3 Å². The average Bonchev–Trinajstić information content (AvgIpc) is 3.30. The molecule has 0 unspecified atom stereocenters. The van der Waals surface area contributed by atoms with Gasteiger partial charge in [-0.15, -0.1) is 0 Å².